The first-order valence-electron chi connectivity index (χ1n) is 10.8. The molecule has 0 amide bonds. The zero-order valence-corrected chi connectivity index (χ0v) is 19.8. The molecule has 5 aromatic rings. The average molecular weight is 474 g/mol. The number of nitrogen functional groups attached to an aromatic ring is 1. The largest absolute Gasteiger partial charge is 0.487 e. The molecule has 2 aromatic carbocycles. The first-order valence-corrected chi connectivity index (χ1v) is 11.1. The zero-order valence-electron chi connectivity index (χ0n) is 19.1. The maximum Gasteiger partial charge on any atom is 0.228 e. The highest BCUT2D eigenvalue weighted by Gasteiger charge is 2.17. The number of aromatic nitrogens is 5. The Bertz CT molecular complexity index is 1450. The SMILES string of the molecule is Cc1cc(-c2cn[nH]c2)cc(C)c1OCc1nc(Nc2ccc(N)cc2)nc2c(Cl)cn(C)c12. The van der Waals surface area contributed by atoms with Gasteiger partial charge in [-0.25, -0.2) is 9.97 Å². The van der Waals surface area contributed by atoms with Gasteiger partial charge >= 0.3 is 0 Å². The number of nitrogens with one attached hydrogen (secondary N) is 2. The number of nitrogens with two attached hydrogens (primary N) is 1. The van der Waals surface area contributed by atoms with Crippen LogP contribution in [0.1, 0.15) is 16.8 Å². The van der Waals surface area contributed by atoms with Crippen LogP contribution in [0.4, 0.5) is 17.3 Å². The first-order chi connectivity index (χ1) is 16.4. The van der Waals surface area contributed by atoms with Crippen molar-refractivity contribution in [3.63, 3.8) is 0 Å². The van der Waals surface area contributed by atoms with E-state index in [4.69, 9.17) is 27.1 Å². The smallest absolute Gasteiger partial charge is 0.228 e. The van der Waals surface area contributed by atoms with E-state index in [-0.39, 0.29) is 6.61 Å². The summed E-state index contributed by atoms with van der Waals surface area (Å²) in [6.45, 7) is 4.33. The van der Waals surface area contributed by atoms with Gasteiger partial charge in [0.25, 0.3) is 0 Å². The molecule has 0 spiro atoms. The number of benzene rings is 2. The average Bonchev–Trinajstić information content (AvgIpc) is 3.43. The van der Waals surface area contributed by atoms with Crippen molar-refractivity contribution in [2.75, 3.05) is 11.1 Å². The fraction of sp³-hybridized carbons (Fsp3) is 0.160. The van der Waals surface area contributed by atoms with Crippen LogP contribution >= 0.6 is 11.6 Å². The lowest BCUT2D eigenvalue weighted by atomic mass is 10.0. The van der Waals surface area contributed by atoms with Gasteiger partial charge in [-0.05, 0) is 66.9 Å². The normalized spacial score (nSPS) is 11.2. The maximum absolute atomic E-state index is 6.48. The van der Waals surface area contributed by atoms with E-state index < -0.39 is 0 Å². The molecular formula is C25H24ClN7O. The van der Waals surface area contributed by atoms with E-state index in [1.165, 1.54) is 0 Å². The number of fused-ring (bicyclic) bond motifs is 1. The Hall–Kier alpha value is -4.04. The highest BCUT2D eigenvalue weighted by atomic mass is 35.5. The van der Waals surface area contributed by atoms with Crippen molar-refractivity contribution in [1.82, 2.24) is 24.7 Å². The molecule has 0 aliphatic heterocycles. The Morgan fingerprint density at radius 3 is 2.50 bits per heavy atom. The second kappa shape index (κ2) is 8.72. The summed E-state index contributed by atoms with van der Waals surface area (Å²) >= 11 is 6.48. The fourth-order valence-corrected chi connectivity index (χ4v) is 4.36. The van der Waals surface area contributed by atoms with Crippen LogP contribution in [0.15, 0.2) is 55.0 Å². The number of hydrogen-bond acceptors (Lipinski definition) is 6. The number of halogens is 1. The van der Waals surface area contributed by atoms with Crippen molar-refractivity contribution in [3.05, 3.63) is 76.8 Å². The molecule has 0 aliphatic rings. The van der Waals surface area contributed by atoms with Gasteiger partial charge in [0, 0.05) is 36.4 Å². The molecule has 0 radical (unpaired) electrons. The van der Waals surface area contributed by atoms with Gasteiger partial charge in [0.2, 0.25) is 5.95 Å². The van der Waals surface area contributed by atoms with Gasteiger partial charge < -0.3 is 20.4 Å². The minimum atomic E-state index is 0.260. The van der Waals surface area contributed by atoms with E-state index in [1.807, 2.05) is 62.1 Å². The van der Waals surface area contributed by atoms with Gasteiger partial charge in [-0.1, -0.05) is 11.6 Å². The summed E-state index contributed by atoms with van der Waals surface area (Å²) < 4.78 is 8.23. The van der Waals surface area contributed by atoms with Gasteiger partial charge in [0.05, 0.1) is 16.7 Å². The molecule has 0 saturated carbocycles. The predicted octanol–water partition coefficient (Wildman–Crippen LogP) is 5.53. The summed E-state index contributed by atoms with van der Waals surface area (Å²) in [5.41, 5.74) is 13.7. The Morgan fingerprint density at radius 1 is 1.09 bits per heavy atom. The van der Waals surface area contributed by atoms with Crippen molar-refractivity contribution in [1.29, 1.82) is 0 Å². The van der Waals surface area contributed by atoms with Crippen LogP contribution in [0.5, 0.6) is 5.75 Å². The van der Waals surface area contributed by atoms with Crippen LogP contribution in [0.3, 0.4) is 0 Å². The Kier molecular flexibility index (Phi) is 5.59. The number of ether oxygens (including phenoxy) is 1. The molecule has 0 aliphatic carbocycles. The van der Waals surface area contributed by atoms with E-state index in [1.54, 1.807) is 6.20 Å². The molecule has 4 N–H and O–H groups in total. The van der Waals surface area contributed by atoms with E-state index in [0.29, 0.717) is 22.2 Å². The molecule has 9 heteroatoms. The molecule has 172 valence electrons. The summed E-state index contributed by atoms with van der Waals surface area (Å²) in [6, 6.07) is 11.6. The number of aromatic amines is 1. The molecule has 0 bridgehead atoms. The highest BCUT2D eigenvalue weighted by molar-refractivity contribution is 6.35. The summed E-state index contributed by atoms with van der Waals surface area (Å²) in [5.74, 6) is 1.26. The van der Waals surface area contributed by atoms with E-state index >= 15 is 0 Å². The van der Waals surface area contributed by atoms with Crippen molar-refractivity contribution in [3.8, 4) is 16.9 Å². The van der Waals surface area contributed by atoms with Crippen LogP contribution in [-0.2, 0) is 13.7 Å². The summed E-state index contributed by atoms with van der Waals surface area (Å²) in [5, 5.41) is 10.7. The minimum Gasteiger partial charge on any atom is -0.487 e. The molecular weight excluding hydrogens is 450 g/mol. The molecule has 34 heavy (non-hydrogen) atoms. The van der Waals surface area contributed by atoms with Gasteiger partial charge in [-0.15, -0.1) is 0 Å². The Balaban J connectivity index is 1.48. The molecule has 0 saturated heterocycles. The van der Waals surface area contributed by atoms with Crippen molar-refractivity contribution >= 4 is 40.0 Å². The maximum atomic E-state index is 6.48. The molecule has 0 fully saturated rings. The number of aryl methyl sites for hydroxylation is 3. The Morgan fingerprint density at radius 2 is 1.82 bits per heavy atom. The van der Waals surface area contributed by atoms with Gasteiger partial charge in [0.15, 0.2) is 0 Å². The highest BCUT2D eigenvalue weighted by Crippen LogP contribution is 2.32. The second-order valence-electron chi connectivity index (χ2n) is 8.24. The summed E-state index contributed by atoms with van der Waals surface area (Å²) in [6.07, 6.45) is 5.51. The number of hydrogen-bond donors (Lipinski definition) is 3. The lowest BCUT2D eigenvalue weighted by Gasteiger charge is -2.15. The molecule has 8 nitrogen and oxygen atoms in total. The van der Waals surface area contributed by atoms with Crippen LogP contribution < -0.4 is 15.8 Å². The molecule has 0 atom stereocenters. The lowest BCUT2D eigenvalue weighted by Crippen LogP contribution is -2.07. The summed E-state index contributed by atoms with van der Waals surface area (Å²) in [7, 11) is 1.92. The Labute approximate surface area is 201 Å². The molecule has 3 heterocycles. The zero-order chi connectivity index (χ0) is 23.8. The van der Waals surface area contributed by atoms with Gasteiger partial charge in [-0.2, -0.15) is 5.10 Å². The second-order valence-corrected chi connectivity index (χ2v) is 8.65. The third-order valence-corrected chi connectivity index (χ3v) is 5.93. The van der Waals surface area contributed by atoms with Gasteiger partial charge in [-0.3, -0.25) is 5.10 Å². The number of H-pyrrole nitrogens is 1. The van der Waals surface area contributed by atoms with E-state index in [2.05, 4.69) is 32.6 Å². The quantitative estimate of drug-likeness (QED) is 0.280. The third-order valence-electron chi connectivity index (χ3n) is 5.65. The standard InChI is InChI=1S/C25H24ClN7O/c1-14-8-16(17-10-28-29-11-17)9-15(2)24(14)34-13-21-23-22(20(26)12-33(23)3)32-25(31-21)30-19-6-4-18(27)5-7-19/h4-12H,13,27H2,1-3H3,(H,28,29)(H,30,31,32). The van der Waals surface area contributed by atoms with Crippen LogP contribution in [-0.4, -0.2) is 24.7 Å². The van der Waals surface area contributed by atoms with Crippen LogP contribution in [0.25, 0.3) is 22.2 Å². The topological polar surface area (TPSA) is 107 Å². The van der Waals surface area contributed by atoms with Crippen LogP contribution in [0, 0.1) is 13.8 Å². The summed E-state index contributed by atoms with van der Waals surface area (Å²) in [4.78, 5) is 9.39. The third kappa shape index (κ3) is 4.15. The molecule has 3 aromatic heterocycles. The first kappa shape index (κ1) is 21.8. The van der Waals surface area contributed by atoms with Crippen molar-refractivity contribution in [2.24, 2.45) is 7.05 Å². The van der Waals surface area contributed by atoms with Gasteiger partial charge in [0.1, 0.15) is 23.6 Å². The number of rotatable bonds is 6. The predicted molar refractivity (Wildman–Crippen MR) is 135 cm³/mol. The van der Waals surface area contributed by atoms with E-state index in [0.717, 1.165) is 44.9 Å². The minimum absolute atomic E-state index is 0.260. The number of nitrogens with zero attached hydrogens (tertiary/aromatic N) is 4. The van der Waals surface area contributed by atoms with E-state index in [9.17, 15) is 0 Å². The fourth-order valence-electron chi connectivity index (χ4n) is 4.08. The van der Waals surface area contributed by atoms with Crippen molar-refractivity contribution < 1.29 is 4.74 Å². The molecule has 0 unspecified atom stereocenters. The monoisotopic (exact) mass is 473 g/mol. The number of anilines is 3. The van der Waals surface area contributed by atoms with Crippen molar-refractivity contribution in [2.45, 2.75) is 20.5 Å². The lowest BCUT2D eigenvalue weighted by molar-refractivity contribution is 0.298. The molecule has 5 rings (SSSR count). The van der Waals surface area contributed by atoms with Crippen LogP contribution in [0.2, 0.25) is 5.02 Å².